The van der Waals surface area contributed by atoms with Crippen LogP contribution in [0.25, 0.3) is 6.08 Å². The zero-order valence-corrected chi connectivity index (χ0v) is 20.7. The highest BCUT2D eigenvalue weighted by molar-refractivity contribution is 5.75. The first-order valence-corrected chi connectivity index (χ1v) is 11.2. The molecule has 0 heterocycles. The highest BCUT2D eigenvalue weighted by Crippen LogP contribution is 2.21. The van der Waals surface area contributed by atoms with E-state index in [2.05, 4.69) is 0 Å². The molecule has 0 spiro atoms. The lowest BCUT2D eigenvalue weighted by atomic mass is 10.1. The monoisotopic (exact) mass is 536 g/mol. The number of allylic oxidation sites excluding steroid dienone is 1. The summed E-state index contributed by atoms with van der Waals surface area (Å²) in [5, 5.41) is 52.6. The lowest BCUT2D eigenvalue weighted by Crippen LogP contribution is -1.80. The van der Waals surface area contributed by atoms with Gasteiger partial charge in [-0.05, 0) is 85.1 Å². The molecule has 0 fully saturated rings. The number of aldehydes is 1. The second kappa shape index (κ2) is 20.3. The second-order valence-electron chi connectivity index (χ2n) is 7.57. The predicted molar refractivity (Wildman–Crippen MR) is 158 cm³/mol. The van der Waals surface area contributed by atoms with Crippen molar-refractivity contribution in [2.75, 3.05) is 0 Å². The first-order chi connectivity index (χ1) is 17.7. The molecule has 0 atom stereocenters. The number of hydrogen-bond acceptors (Lipinski definition) is 7. The fourth-order valence-electron chi connectivity index (χ4n) is 2.60. The van der Waals surface area contributed by atoms with E-state index in [0.717, 1.165) is 23.0 Å². The highest BCUT2D eigenvalue weighted by atomic mass is 16.3. The van der Waals surface area contributed by atoms with Crippen LogP contribution in [0.3, 0.4) is 0 Å². The molecule has 0 aromatic heterocycles. The van der Waals surface area contributed by atoms with Crippen molar-refractivity contribution in [2.24, 2.45) is 0 Å². The molecule has 4 aromatic rings. The Kier molecular flexibility index (Phi) is 19.0. The summed E-state index contributed by atoms with van der Waals surface area (Å²) in [6.45, 7) is 3.75. The summed E-state index contributed by atoms with van der Waals surface area (Å²) in [5.74, 6) is 0.617. The number of hydrogen-bond donors (Lipinski definition) is 6. The first-order valence-electron chi connectivity index (χ1n) is 11.2. The minimum atomic E-state index is -0.0764. The quantitative estimate of drug-likeness (QED) is 0.120. The molecule has 0 aliphatic heterocycles. The molecule has 0 aliphatic carbocycles. The van der Waals surface area contributed by atoms with Gasteiger partial charge in [0, 0.05) is 5.56 Å². The van der Waals surface area contributed by atoms with Gasteiger partial charge in [0.05, 0.1) is 6.61 Å². The Hall–Kier alpha value is -4.75. The second-order valence-corrected chi connectivity index (χ2v) is 7.57. The van der Waals surface area contributed by atoms with Crippen LogP contribution in [0.4, 0.5) is 0 Å². The molecule has 0 bridgehead atoms. The maximum absolute atomic E-state index is 10.2. The number of rotatable bonds is 3. The zero-order valence-electron chi connectivity index (χ0n) is 20.7. The van der Waals surface area contributed by atoms with Crippen LogP contribution in [0, 0.1) is 6.92 Å². The topological polar surface area (TPSA) is 138 Å². The lowest BCUT2D eigenvalue weighted by molar-refractivity contribution is 0.112. The number of aryl methyl sites for hydroxylation is 1. The Morgan fingerprint density at radius 3 is 1.49 bits per heavy atom. The van der Waals surface area contributed by atoms with Crippen molar-refractivity contribution >= 4 is 12.4 Å². The Bertz CT molecular complexity index is 1210. The van der Waals surface area contributed by atoms with Gasteiger partial charge in [-0.2, -0.15) is 0 Å². The molecule has 0 radical (unpaired) electrons. The zero-order chi connectivity index (χ0) is 27.6. The van der Waals surface area contributed by atoms with Gasteiger partial charge in [-0.25, -0.2) is 0 Å². The fraction of sp³-hybridized carbons (Fsp3) is 0.156. The first kappa shape index (κ1) is 36.4. The maximum Gasteiger partial charge on any atom is 0.157 e. The molecule has 0 amide bonds. The van der Waals surface area contributed by atoms with E-state index in [1.807, 2.05) is 31.2 Å². The van der Waals surface area contributed by atoms with Crippen LogP contribution in [0.1, 0.15) is 48.8 Å². The number of benzene rings is 4. The lowest BCUT2D eigenvalue weighted by Gasteiger charge is -1.96. The van der Waals surface area contributed by atoms with Crippen LogP contribution < -0.4 is 0 Å². The smallest absolute Gasteiger partial charge is 0.157 e. The number of aromatic hydroxyl groups is 5. The fourth-order valence-corrected chi connectivity index (χ4v) is 2.60. The number of phenolic OH excluding ortho intramolecular Hbond substituents is 5. The Morgan fingerprint density at radius 1 is 0.641 bits per heavy atom. The van der Waals surface area contributed by atoms with Crippen LogP contribution in [0.5, 0.6) is 28.7 Å². The summed E-state index contributed by atoms with van der Waals surface area (Å²) in [7, 11) is 0. The van der Waals surface area contributed by atoms with Gasteiger partial charge >= 0.3 is 0 Å². The predicted octanol–water partition coefficient (Wildman–Crippen LogP) is 7.19. The van der Waals surface area contributed by atoms with Crippen LogP contribution in [0.15, 0.2) is 97.1 Å². The normalized spacial score (nSPS) is 9.10. The van der Waals surface area contributed by atoms with Crippen molar-refractivity contribution < 1.29 is 35.4 Å². The van der Waals surface area contributed by atoms with Gasteiger partial charge in [-0.3, -0.25) is 4.79 Å². The molecule has 0 saturated carbocycles. The summed E-state index contributed by atoms with van der Waals surface area (Å²) >= 11 is 0. The number of aliphatic hydroxyl groups is 1. The summed E-state index contributed by atoms with van der Waals surface area (Å²) in [5.41, 5.74) is 3.24. The van der Waals surface area contributed by atoms with Gasteiger partial charge in [-0.1, -0.05) is 63.4 Å². The largest absolute Gasteiger partial charge is 0.508 e. The number of para-hydroxylation sites is 2. The Morgan fingerprint density at radius 2 is 1.10 bits per heavy atom. The third-order valence-corrected chi connectivity index (χ3v) is 4.61. The maximum atomic E-state index is 10.2. The van der Waals surface area contributed by atoms with Crippen molar-refractivity contribution in [1.82, 2.24) is 0 Å². The SMILES string of the molecule is C.C.C/C=C/c1ccc(O)cc1.Cc1cc(C=O)ccc1O.OCc1ccc(O)cc1.Oc1ccccc1O. The van der Waals surface area contributed by atoms with E-state index in [9.17, 15) is 4.79 Å². The molecule has 4 aromatic carbocycles. The van der Waals surface area contributed by atoms with E-state index in [0.29, 0.717) is 11.3 Å². The number of phenols is 5. The van der Waals surface area contributed by atoms with E-state index in [1.165, 1.54) is 18.2 Å². The summed E-state index contributed by atoms with van der Waals surface area (Å²) in [4.78, 5) is 10.2. The minimum Gasteiger partial charge on any atom is -0.508 e. The average molecular weight is 537 g/mol. The molecular weight excluding hydrogens is 496 g/mol. The van der Waals surface area contributed by atoms with E-state index in [4.69, 9.17) is 30.6 Å². The highest BCUT2D eigenvalue weighted by Gasteiger charge is 1.95. The molecule has 39 heavy (non-hydrogen) atoms. The van der Waals surface area contributed by atoms with Crippen molar-refractivity contribution in [3.63, 3.8) is 0 Å². The van der Waals surface area contributed by atoms with Crippen LogP contribution in [0.2, 0.25) is 0 Å². The third-order valence-electron chi connectivity index (χ3n) is 4.61. The van der Waals surface area contributed by atoms with Gasteiger partial charge in [0.15, 0.2) is 11.5 Å². The summed E-state index contributed by atoms with van der Waals surface area (Å²) in [6, 6.07) is 24.4. The molecule has 7 heteroatoms. The van der Waals surface area contributed by atoms with Crippen molar-refractivity contribution in [2.45, 2.75) is 35.3 Å². The summed E-state index contributed by atoms with van der Waals surface area (Å²) < 4.78 is 0. The molecule has 6 N–H and O–H groups in total. The van der Waals surface area contributed by atoms with Gasteiger partial charge < -0.3 is 30.6 Å². The van der Waals surface area contributed by atoms with E-state index >= 15 is 0 Å². The standard InChI is InChI=1S/C9H10O.C8H8O2.C7H8O2.C6H6O2.2CH4/c1-2-3-8-4-6-9(10)7-5-8;1-6-4-7(5-9)2-3-8(6)10;8-5-6-1-3-7(9)4-2-6;7-5-3-1-2-4-6(5)8;;/h2-7,10H,1H3;2-5,10H,1H3;1-4,8-9H,5H2;1-4,7-8H;2*1H4/b3-2+;;;;;. The summed E-state index contributed by atoms with van der Waals surface area (Å²) in [6.07, 6.45) is 4.71. The number of aliphatic hydroxyl groups excluding tert-OH is 1. The van der Waals surface area contributed by atoms with Crippen LogP contribution in [-0.2, 0) is 6.61 Å². The molecular formula is C32H40O7. The van der Waals surface area contributed by atoms with Crippen LogP contribution >= 0.6 is 0 Å². The van der Waals surface area contributed by atoms with Crippen molar-refractivity contribution in [1.29, 1.82) is 0 Å². The van der Waals surface area contributed by atoms with Gasteiger partial charge in [0.25, 0.3) is 0 Å². The third kappa shape index (κ3) is 15.2. The van der Waals surface area contributed by atoms with E-state index < -0.39 is 0 Å². The molecule has 0 saturated heterocycles. The molecule has 4 rings (SSSR count). The molecule has 7 nitrogen and oxygen atoms in total. The van der Waals surface area contributed by atoms with Crippen molar-refractivity contribution in [3.05, 3.63) is 119 Å². The number of carbonyl (C=O) groups excluding carboxylic acids is 1. The van der Waals surface area contributed by atoms with Gasteiger partial charge in [-0.15, -0.1) is 0 Å². The number of carbonyl (C=O) groups is 1. The minimum absolute atomic E-state index is 0. The average Bonchev–Trinajstić information content (AvgIpc) is 2.90. The van der Waals surface area contributed by atoms with E-state index in [-0.39, 0.29) is 44.5 Å². The van der Waals surface area contributed by atoms with Gasteiger partial charge in [0.1, 0.15) is 23.5 Å². The van der Waals surface area contributed by atoms with Crippen LogP contribution in [-0.4, -0.2) is 36.9 Å². The Labute approximate surface area is 231 Å². The molecule has 0 aliphatic rings. The van der Waals surface area contributed by atoms with E-state index in [1.54, 1.807) is 67.6 Å². The van der Waals surface area contributed by atoms with Gasteiger partial charge in [0.2, 0.25) is 0 Å². The molecule has 0 unspecified atom stereocenters. The molecule has 210 valence electrons. The Balaban J connectivity index is 0. The van der Waals surface area contributed by atoms with Crippen molar-refractivity contribution in [3.8, 4) is 28.7 Å².